The predicted molar refractivity (Wildman–Crippen MR) is 95.3 cm³/mol. The Kier molecular flexibility index (Phi) is 5.85. The van der Waals surface area contributed by atoms with Gasteiger partial charge in [0.15, 0.2) is 11.4 Å². The summed E-state index contributed by atoms with van der Waals surface area (Å²) in [5.41, 5.74) is 2.17. The molecule has 1 aliphatic rings. The number of nitrogens with zero attached hydrogens (tertiary/aromatic N) is 3. The second-order valence-electron chi connectivity index (χ2n) is 6.10. The highest BCUT2D eigenvalue weighted by Gasteiger charge is 2.24. The van der Waals surface area contributed by atoms with Gasteiger partial charge in [-0.25, -0.2) is 4.68 Å². The molecule has 7 heteroatoms. The SMILES string of the molecule is CC(C)c1ccc(-n2cc(O)c(C(=O)N3CCNCC3)n2)cc1.Cl. The summed E-state index contributed by atoms with van der Waals surface area (Å²) in [6.07, 6.45) is 1.49. The predicted octanol–water partition coefficient (Wildman–Crippen LogP) is 2.17. The number of rotatable bonds is 3. The Bertz CT molecular complexity index is 691. The summed E-state index contributed by atoms with van der Waals surface area (Å²) >= 11 is 0. The van der Waals surface area contributed by atoms with Crippen LogP contribution in [0.25, 0.3) is 5.69 Å². The van der Waals surface area contributed by atoms with Crippen LogP contribution in [0.4, 0.5) is 0 Å². The molecule has 3 rings (SSSR count). The van der Waals surface area contributed by atoms with E-state index in [2.05, 4.69) is 24.3 Å². The highest BCUT2D eigenvalue weighted by molar-refractivity contribution is 5.95. The summed E-state index contributed by atoms with van der Waals surface area (Å²) < 4.78 is 1.55. The normalized spacial score (nSPS) is 14.5. The summed E-state index contributed by atoms with van der Waals surface area (Å²) in [5.74, 6) is 0.156. The van der Waals surface area contributed by atoms with Crippen LogP contribution in [0.15, 0.2) is 30.5 Å². The van der Waals surface area contributed by atoms with Gasteiger partial charge in [-0.05, 0) is 23.6 Å². The Labute approximate surface area is 147 Å². The quantitative estimate of drug-likeness (QED) is 0.890. The monoisotopic (exact) mass is 350 g/mol. The molecule has 0 saturated carbocycles. The van der Waals surface area contributed by atoms with Gasteiger partial charge in [0.25, 0.3) is 5.91 Å². The van der Waals surface area contributed by atoms with Crippen molar-refractivity contribution in [3.63, 3.8) is 0 Å². The molecule has 0 radical (unpaired) electrons. The zero-order valence-corrected chi connectivity index (χ0v) is 14.7. The number of carbonyl (C=O) groups excluding carboxylic acids is 1. The third kappa shape index (κ3) is 3.71. The number of benzene rings is 1. The first-order valence-electron chi connectivity index (χ1n) is 7.95. The minimum Gasteiger partial charge on any atom is -0.504 e. The average Bonchev–Trinajstić information content (AvgIpc) is 2.97. The Morgan fingerprint density at radius 1 is 1.21 bits per heavy atom. The molecule has 24 heavy (non-hydrogen) atoms. The van der Waals surface area contributed by atoms with Crippen molar-refractivity contribution < 1.29 is 9.90 Å². The molecule has 0 atom stereocenters. The first kappa shape index (κ1) is 18.3. The van der Waals surface area contributed by atoms with E-state index in [-0.39, 0.29) is 29.8 Å². The molecular formula is C17H23ClN4O2. The number of piperazine rings is 1. The van der Waals surface area contributed by atoms with E-state index >= 15 is 0 Å². The van der Waals surface area contributed by atoms with Gasteiger partial charge in [0, 0.05) is 26.2 Å². The van der Waals surface area contributed by atoms with Crippen molar-refractivity contribution in [3.05, 3.63) is 41.7 Å². The molecule has 130 valence electrons. The lowest BCUT2D eigenvalue weighted by molar-refractivity contribution is 0.0726. The molecule has 1 amide bonds. The van der Waals surface area contributed by atoms with Gasteiger partial charge in [0.05, 0.1) is 11.9 Å². The fourth-order valence-corrected chi connectivity index (χ4v) is 2.68. The van der Waals surface area contributed by atoms with Crippen molar-refractivity contribution in [1.82, 2.24) is 20.0 Å². The van der Waals surface area contributed by atoms with Crippen LogP contribution >= 0.6 is 12.4 Å². The molecular weight excluding hydrogens is 328 g/mol. The van der Waals surface area contributed by atoms with E-state index in [1.165, 1.54) is 11.8 Å². The number of aromatic hydroxyl groups is 1. The molecule has 0 unspecified atom stereocenters. The second kappa shape index (κ2) is 7.68. The molecule has 1 aromatic carbocycles. The second-order valence-corrected chi connectivity index (χ2v) is 6.10. The van der Waals surface area contributed by atoms with Gasteiger partial charge in [-0.2, -0.15) is 5.10 Å². The molecule has 1 aromatic heterocycles. The van der Waals surface area contributed by atoms with E-state index in [9.17, 15) is 9.90 Å². The number of hydrogen-bond acceptors (Lipinski definition) is 4. The number of carbonyl (C=O) groups is 1. The van der Waals surface area contributed by atoms with E-state index in [1.54, 1.807) is 9.58 Å². The standard InChI is InChI=1S/C17H22N4O2.ClH/c1-12(2)13-3-5-14(6-4-13)21-11-15(22)16(19-21)17(23)20-9-7-18-8-10-20;/h3-6,11-12,18,22H,7-10H2,1-2H3;1H. The molecule has 2 heterocycles. The third-order valence-corrected chi connectivity index (χ3v) is 4.13. The Balaban J connectivity index is 0.00000208. The van der Waals surface area contributed by atoms with Crippen LogP contribution in [0.1, 0.15) is 35.8 Å². The Morgan fingerprint density at radius 2 is 1.83 bits per heavy atom. The highest BCUT2D eigenvalue weighted by Crippen LogP contribution is 2.21. The number of amides is 1. The van der Waals surface area contributed by atoms with Gasteiger partial charge in [-0.1, -0.05) is 26.0 Å². The summed E-state index contributed by atoms with van der Waals surface area (Å²) in [4.78, 5) is 14.2. The minimum absolute atomic E-state index is 0. The van der Waals surface area contributed by atoms with Crippen LogP contribution in [0.5, 0.6) is 5.75 Å². The van der Waals surface area contributed by atoms with Gasteiger partial charge in [0.1, 0.15) is 0 Å². The van der Waals surface area contributed by atoms with E-state index in [4.69, 9.17) is 0 Å². The lowest BCUT2D eigenvalue weighted by Crippen LogP contribution is -2.46. The van der Waals surface area contributed by atoms with Gasteiger partial charge in [-0.15, -0.1) is 12.4 Å². The molecule has 0 aliphatic carbocycles. The maximum absolute atomic E-state index is 12.5. The van der Waals surface area contributed by atoms with Gasteiger partial charge in [0.2, 0.25) is 0 Å². The van der Waals surface area contributed by atoms with Gasteiger partial charge >= 0.3 is 0 Å². The van der Waals surface area contributed by atoms with Crippen LogP contribution < -0.4 is 5.32 Å². The van der Waals surface area contributed by atoms with Crippen molar-refractivity contribution in [1.29, 1.82) is 0 Å². The molecule has 1 aliphatic heterocycles. The van der Waals surface area contributed by atoms with Crippen molar-refractivity contribution in [2.45, 2.75) is 19.8 Å². The molecule has 2 aromatic rings. The van der Waals surface area contributed by atoms with E-state index < -0.39 is 0 Å². The molecule has 0 bridgehead atoms. The topological polar surface area (TPSA) is 70.4 Å². The number of nitrogens with one attached hydrogen (secondary N) is 1. The first-order valence-corrected chi connectivity index (χ1v) is 7.95. The van der Waals surface area contributed by atoms with E-state index in [0.29, 0.717) is 19.0 Å². The summed E-state index contributed by atoms with van der Waals surface area (Å²) in [7, 11) is 0. The number of aromatic nitrogens is 2. The molecule has 2 N–H and O–H groups in total. The summed E-state index contributed by atoms with van der Waals surface area (Å²) in [6, 6.07) is 7.97. The zero-order chi connectivity index (χ0) is 16.4. The van der Waals surface area contributed by atoms with Crippen LogP contribution in [0, 0.1) is 0 Å². The maximum Gasteiger partial charge on any atom is 0.278 e. The van der Waals surface area contributed by atoms with Crippen molar-refractivity contribution >= 4 is 18.3 Å². The Morgan fingerprint density at radius 3 is 2.42 bits per heavy atom. The zero-order valence-electron chi connectivity index (χ0n) is 13.9. The average molecular weight is 351 g/mol. The molecule has 1 fully saturated rings. The Hall–Kier alpha value is -2.05. The lowest BCUT2D eigenvalue weighted by atomic mass is 10.0. The van der Waals surface area contributed by atoms with Gasteiger partial charge in [-0.3, -0.25) is 4.79 Å². The van der Waals surface area contributed by atoms with E-state index in [0.717, 1.165) is 18.8 Å². The summed E-state index contributed by atoms with van der Waals surface area (Å²) in [6.45, 7) is 7.08. The number of halogens is 1. The summed E-state index contributed by atoms with van der Waals surface area (Å²) in [5, 5.41) is 17.6. The fourth-order valence-electron chi connectivity index (χ4n) is 2.68. The van der Waals surface area contributed by atoms with Gasteiger partial charge < -0.3 is 15.3 Å². The van der Waals surface area contributed by atoms with Crippen LogP contribution in [-0.2, 0) is 0 Å². The van der Waals surface area contributed by atoms with E-state index in [1.807, 2.05) is 24.3 Å². The van der Waals surface area contributed by atoms with Crippen molar-refractivity contribution in [3.8, 4) is 11.4 Å². The molecule has 0 spiro atoms. The van der Waals surface area contributed by atoms with Crippen LogP contribution in [-0.4, -0.2) is 51.9 Å². The maximum atomic E-state index is 12.5. The van der Waals surface area contributed by atoms with Crippen molar-refractivity contribution in [2.24, 2.45) is 0 Å². The first-order chi connectivity index (χ1) is 11.1. The van der Waals surface area contributed by atoms with Crippen LogP contribution in [0.2, 0.25) is 0 Å². The number of hydrogen-bond donors (Lipinski definition) is 2. The molecule has 6 nitrogen and oxygen atoms in total. The van der Waals surface area contributed by atoms with Crippen molar-refractivity contribution in [2.75, 3.05) is 26.2 Å². The fraction of sp³-hybridized carbons (Fsp3) is 0.412. The smallest absolute Gasteiger partial charge is 0.278 e. The highest BCUT2D eigenvalue weighted by atomic mass is 35.5. The minimum atomic E-state index is -0.221. The molecule has 1 saturated heterocycles. The third-order valence-electron chi connectivity index (χ3n) is 4.13. The largest absolute Gasteiger partial charge is 0.504 e. The lowest BCUT2D eigenvalue weighted by Gasteiger charge is -2.26. The van der Waals surface area contributed by atoms with Crippen LogP contribution in [0.3, 0.4) is 0 Å².